The summed E-state index contributed by atoms with van der Waals surface area (Å²) in [7, 11) is 1.55. The molecule has 0 radical (unpaired) electrons. The van der Waals surface area contributed by atoms with E-state index in [-0.39, 0.29) is 30.6 Å². The van der Waals surface area contributed by atoms with E-state index in [1.165, 1.54) is 0 Å². The number of rotatable bonds is 7. The second-order valence-corrected chi connectivity index (χ2v) is 3.44. The molecule has 1 aromatic rings. The minimum absolute atomic E-state index is 0.00723. The monoisotopic (exact) mass is 257 g/mol. The van der Waals surface area contributed by atoms with Crippen molar-refractivity contribution in [1.82, 2.24) is 15.3 Å². The SMILES string of the molecule is COCCNC(=O)CCNc1nc(N)ncc1F. The second kappa shape index (κ2) is 7.38. The molecule has 0 aliphatic carbocycles. The maximum absolute atomic E-state index is 13.2. The van der Waals surface area contributed by atoms with Gasteiger partial charge < -0.3 is 21.1 Å². The van der Waals surface area contributed by atoms with Crippen molar-refractivity contribution in [3.8, 4) is 0 Å². The van der Waals surface area contributed by atoms with Crippen LogP contribution < -0.4 is 16.4 Å². The first kappa shape index (κ1) is 14.1. The largest absolute Gasteiger partial charge is 0.383 e. The van der Waals surface area contributed by atoms with Gasteiger partial charge in [-0.15, -0.1) is 0 Å². The highest BCUT2D eigenvalue weighted by molar-refractivity contribution is 5.76. The Labute approximate surface area is 104 Å². The summed E-state index contributed by atoms with van der Waals surface area (Å²) in [5, 5.41) is 5.32. The lowest BCUT2D eigenvalue weighted by atomic mass is 10.4. The van der Waals surface area contributed by atoms with Crippen LogP contribution in [0.2, 0.25) is 0 Å². The molecule has 0 unspecified atom stereocenters. The Bertz CT molecular complexity index is 402. The fourth-order valence-electron chi connectivity index (χ4n) is 1.18. The molecular formula is C10H16FN5O2. The van der Waals surface area contributed by atoms with Crippen LogP contribution in [-0.2, 0) is 9.53 Å². The van der Waals surface area contributed by atoms with Crippen molar-refractivity contribution in [1.29, 1.82) is 0 Å². The van der Waals surface area contributed by atoms with Crippen molar-refractivity contribution in [2.45, 2.75) is 6.42 Å². The highest BCUT2D eigenvalue weighted by atomic mass is 19.1. The zero-order chi connectivity index (χ0) is 13.4. The standard InChI is InChI=1S/C10H16FN5O2/c1-18-5-4-13-8(17)2-3-14-9-7(11)6-15-10(12)16-9/h6H,2-5H2,1H3,(H,13,17)(H3,12,14,15,16). The zero-order valence-corrected chi connectivity index (χ0v) is 10.1. The zero-order valence-electron chi connectivity index (χ0n) is 10.1. The lowest BCUT2D eigenvalue weighted by Crippen LogP contribution is -2.28. The first-order valence-electron chi connectivity index (χ1n) is 5.41. The van der Waals surface area contributed by atoms with E-state index >= 15 is 0 Å². The maximum atomic E-state index is 13.2. The summed E-state index contributed by atoms with van der Waals surface area (Å²) < 4.78 is 18.0. The number of anilines is 2. The van der Waals surface area contributed by atoms with E-state index < -0.39 is 5.82 Å². The van der Waals surface area contributed by atoms with Gasteiger partial charge in [0, 0.05) is 26.6 Å². The number of nitrogens with two attached hydrogens (primary N) is 1. The molecule has 0 atom stereocenters. The summed E-state index contributed by atoms with van der Waals surface area (Å²) in [6, 6.07) is 0. The predicted octanol–water partition coefficient (Wildman–Crippen LogP) is -0.237. The van der Waals surface area contributed by atoms with Crippen LogP contribution in [0.4, 0.5) is 16.2 Å². The van der Waals surface area contributed by atoms with Crippen LogP contribution in [0.1, 0.15) is 6.42 Å². The maximum Gasteiger partial charge on any atom is 0.222 e. The molecule has 0 aromatic carbocycles. The van der Waals surface area contributed by atoms with Crippen molar-refractivity contribution in [3.63, 3.8) is 0 Å². The molecule has 0 saturated carbocycles. The van der Waals surface area contributed by atoms with Gasteiger partial charge in [0.1, 0.15) is 0 Å². The molecule has 0 bridgehead atoms. The quantitative estimate of drug-likeness (QED) is 0.583. The summed E-state index contributed by atoms with van der Waals surface area (Å²) in [5.74, 6) is -0.790. The van der Waals surface area contributed by atoms with E-state index in [1.807, 2.05) is 0 Å². The van der Waals surface area contributed by atoms with Crippen molar-refractivity contribution in [2.75, 3.05) is 37.9 Å². The molecule has 1 rings (SSSR count). The molecule has 1 amide bonds. The number of carbonyl (C=O) groups excluding carboxylic acids is 1. The van der Waals surface area contributed by atoms with Crippen LogP contribution in [-0.4, -0.2) is 42.7 Å². The fraction of sp³-hybridized carbons (Fsp3) is 0.500. The van der Waals surface area contributed by atoms with Crippen LogP contribution in [0.25, 0.3) is 0 Å². The summed E-state index contributed by atoms with van der Waals surface area (Å²) in [4.78, 5) is 18.5. The summed E-state index contributed by atoms with van der Waals surface area (Å²) in [6.07, 6.45) is 1.18. The average molecular weight is 257 g/mol. The van der Waals surface area contributed by atoms with Crippen LogP contribution >= 0.6 is 0 Å². The Morgan fingerprint density at radius 1 is 1.56 bits per heavy atom. The van der Waals surface area contributed by atoms with Crippen LogP contribution in [0.5, 0.6) is 0 Å². The molecular weight excluding hydrogens is 241 g/mol. The van der Waals surface area contributed by atoms with E-state index in [2.05, 4.69) is 20.6 Å². The van der Waals surface area contributed by atoms with E-state index in [0.717, 1.165) is 6.20 Å². The number of nitrogen functional groups attached to an aromatic ring is 1. The van der Waals surface area contributed by atoms with Gasteiger partial charge in [-0.05, 0) is 0 Å². The highest BCUT2D eigenvalue weighted by Gasteiger charge is 2.06. The molecule has 100 valence electrons. The molecule has 8 heteroatoms. The number of carbonyl (C=O) groups is 1. The van der Waals surface area contributed by atoms with E-state index in [1.54, 1.807) is 7.11 Å². The van der Waals surface area contributed by atoms with E-state index in [0.29, 0.717) is 13.2 Å². The van der Waals surface area contributed by atoms with Crippen molar-refractivity contribution in [2.24, 2.45) is 0 Å². The number of hydrogen-bond acceptors (Lipinski definition) is 6. The number of methoxy groups -OCH3 is 1. The van der Waals surface area contributed by atoms with Gasteiger partial charge in [0.2, 0.25) is 11.9 Å². The number of nitrogens with one attached hydrogen (secondary N) is 2. The van der Waals surface area contributed by atoms with Gasteiger partial charge in [-0.25, -0.2) is 9.37 Å². The van der Waals surface area contributed by atoms with Gasteiger partial charge in [0.25, 0.3) is 0 Å². The lowest BCUT2D eigenvalue weighted by Gasteiger charge is -2.07. The third-order valence-corrected chi connectivity index (χ3v) is 2.04. The predicted molar refractivity (Wildman–Crippen MR) is 64.4 cm³/mol. The van der Waals surface area contributed by atoms with Crippen LogP contribution in [0.15, 0.2) is 6.20 Å². The van der Waals surface area contributed by atoms with Gasteiger partial charge >= 0.3 is 0 Å². The molecule has 0 saturated heterocycles. The van der Waals surface area contributed by atoms with Crippen LogP contribution in [0.3, 0.4) is 0 Å². The summed E-state index contributed by atoms with van der Waals surface area (Å²) in [5.41, 5.74) is 5.32. The van der Waals surface area contributed by atoms with Gasteiger partial charge in [-0.1, -0.05) is 0 Å². The number of ether oxygens (including phenoxy) is 1. The number of amides is 1. The van der Waals surface area contributed by atoms with Crippen molar-refractivity contribution < 1.29 is 13.9 Å². The second-order valence-electron chi connectivity index (χ2n) is 3.44. The molecule has 0 fully saturated rings. The van der Waals surface area contributed by atoms with Crippen LogP contribution in [0, 0.1) is 5.82 Å². The van der Waals surface area contributed by atoms with E-state index in [4.69, 9.17) is 10.5 Å². The van der Waals surface area contributed by atoms with E-state index in [9.17, 15) is 9.18 Å². The molecule has 4 N–H and O–H groups in total. The minimum atomic E-state index is -0.607. The first-order valence-corrected chi connectivity index (χ1v) is 5.41. The Kier molecular flexibility index (Phi) is 5.78. The van der Waals surface area contributed by atoms with Crippen molar-refractivity contribution >= 4 is 17.7 Å². The molecule has 18 heavy (non-hydrogen) atoms. The first-order chi connectivity index (χ1) is 8.63. The Morgan fingerprint density at radius 3 is 3.06 bits per heavy atom. The molecule has 0 aliphatic rings. The summed E-state index contributed by atoms with van der Waals surface area (Å²) in [6.45, 7) is 1.16. The smallest absolute Gasteiger partial charge is 0.222 e. The number of hydrogen-bond donors (Lipinski definition) is 3. The third-order valence-electron chi connectivity index (χ3n) is 2.04. The Morgan fingerprint density at radius 2 is 2.33 bits per heavy atom. The molecule has 7 nitrogen and oxygen atoms in total. The van der Waals surface area contributed by atoms with Gasteiger partial charge in [-0.2, -0.15) is 4.98 Å². The number of halogens is 1. The fourth-order valence-corrected chi connectivity index (χ4v) is 1.18. The molecule has 1 aromatic heterocycles. The normalized spacial score (nSPS) is 10.1. The third kappa shape index (κ3) is 4.91. The van der Waals surface area contributed by atoms with Gasteiger partial charge in [0.15, 0.2) is 11.6 Å². The summed E-state index contributed by atoms with van der Waals surface area (Å²) >= 11 is 0. The molecule has 0 spiro atoms. The van der Waals surface area contributed by atoms with Gasteiger partial charge in [-0.3, -0.25) is 4.79 Å². The highest BCUT2D eigenvalue weighted by Crippen LogP contribution is 2.09. The minimum Gasteiger partial charge on any atom is -0.383 e. The lowest BCUT2D eigenvalue weighted by molar-refractivity contribution is -0.121. The Hall–Kier alpha value is -1.96. The van der Waals surface area contributed by atoms with Gasteiger partial charge in [0.05, 0.1) is 12.8 Å². The molecule has 0 aliphatic heterocycles. The topological polar surface area (TPSA) is 102 Å². The Balaban J connectivity index is 2.28. The van der Waals surface area contributed by atoms with Crippen molar-refractivity contribution in [3.05, 3.63) is 12.0 Å². The molecule has 1 heterocycles. The number of aromatic nitrogens is 2. The number of nitrogens with zero attached hydrogens (tertiary/aromatic N) is 2. The average Bonchev–Trinajstić information content (AvgIpc) is 2.34.